The molecule has 1 atom stereocenters. The molecule has 1 aliphatic rings. The molecule has 0 spiro atoms. The Morgan fingerprint density at radius 3 is 2.74 bits per heavy atom. The second kappa shape index (κ2) is 10.6. The summed E-state index contributed by atoms with van der Waals surface area (Å²) < 4.78 is 5.23. The van der Waals surface area contributed by atoms with Gasteiger partial charge in [-0.25, -0.2) is 15.0 Å². The molecule has 0 bridgehead atoms. The van der Waals surface area contributed by atoms with Crippen molar-refractivity contribution in [3.05, 3.63) is 60.6 Å². The van der Waals surface area contributed by atoms with Gasteiger partial charge in [0.25, 0.3) is 0 Å². The van der Waals surface area contributed by atoms with Crippen molar-refractivity contribution in [2.75, 3.05) is 42.3 Å². The van der Waals surface area contributed by atoms with E-state index in [9.17, 15) is 9.59 Å². The Labute approximate surface area is 197 Å². The van der Waals surface area contributed by atoms with E-state index >= 15 is 0 Å². The molecule has 0 radical (unpaired) electrons. The van der Waals surface area contributed by atoms with Gasteiger partial charge in [0.2, 0.25) is 11.8 Å². The van der Waals surface area contributed by atoms with Crippen LogP contribution < -0.4 is 25.6 Å². The number of carbonyl (C=O) groups is 2. The van der Waals surface area contributed by atoms with Gasteiger partial charge in [0.1, 0.15) is 29.5 Å². The van der Waals surface area contributed by atoms with Crippen LogP contribution in [0.3, 0.4) is 0 Å². The van der Waals surface area contributed by atoms with Gasteiger partial charge < -0.3 is 25.6 Å². The summed E-state index contributed by atoms with van der Waals surface area (Å²) in [5.41, 5.74) is 1.83. The summed E-state index contributed by atoms with van der Waals surface area (Å²) in [5.74, 6) is 2.00. The number of nitrogens with zero attached hydrogens (tertiary/aromatic N) is 4. The molecule has 1 aromatic carbocycles. The molecule has 3 N–H and O–H groups in total. The highest BCUT2D eigenvalue weighted by Crippen LogP contribution is 2.28. The molecule has 0 aliphatic carbocycles. The number of nitrogens with one attached hydrogen (secondary N) is 3. The second-order valence-electron chi connectivity index (χ2n) is 7.96. The van der Waals surface area contributed by atoms with Crippen molar-refractivity contribution >= 4 is 35.0 Å². The highest BCUT2D eigenvalue weighted by atomic mass is 16.5. The van der Waals surface area contributed by atoms with Gasteiger partial charge in [-0.2, -0.15) is 0 Å². The number of hydrogen-bond acceptors (Lipinski definition) is 8. The lowest BCUT2D eigenvalue weighted by molar-refractivity contribution is -0.126. The summed E-state index contributed by atoms with van der Waals surface area (Å²) in [6.07, 6.45) is 3.37. The average Bonchev–Trinajstić information content (AvgIpc) is 3.24. The minimum absolute atomic E-state index is 0.0735. The van der Waals surface area contributed by atoms with E-state index in [2.05, 4.69) is 30.9 Å². The van der Waals surface area contributed by atoms with Crippen molar-refractivity contribution in [3.8, 4) is 5.75 Å². The average molecular weight is 462 g/mol. The molecule has 4 rings (SSSR count). The molecular weight excluding hydrogens is 434 g/mol. The van der Waals surface area contributed by atoms with Crippen molar-refractivity contribution in [3.63, 3.8) is 0 Å². The Kier molecular flexibility index (Phi) is 7.16. The molecule has 1 saturated heterocycles. The molecule has 2 amide bonds. The van der Waals surface area contributed by atoms with Crippen molar-refractivity contribution in [1.29, 1.82) is 0 Å². The summed E-state index contributed by atoms with van der Waals surface area (Å²) in [5, 5.41) is 9.21. The highest BCUT2D eigenvalue weighted by molar-refractivity contribution is 6.00. The summed E-state index contributed by atoms with van der Waals surface area (Å²) in [4.78, 5) is 39.4. The van der Waals surface area contributed by atoms with Crippen LogP contribution in [-0.4, -0.2) is 53.5 Å². The van der Waals surface area contributed by atoms with E-state index < -0.39 is 5.92 Å². The molecule has 1 aliphatic heterocycles. The monoisotopic (exact) mass is 461 g/mol. The standard InChI is InChI=1S/C24H27N7O3/c1-16-6-7-25-21(10-16)30-22-13-20(28-15-29-22)26-8-9-27-24(33)17-11-23(32)31(14-17)18-4-3-5-19(12-18)34-2/h3-7,10,12-13,15,17H,8-9,11,14H2,1-2H3,(H,27,33)(H2,25,26,28,29,30). The summed E-state index contributed by atoms with van der Waals surface area (Å²) in [7, 11) is 1.58. The van der Waals surface area contributed by atoms with Gasteiger partial charge in [0.15, 0.2) is 0 Å². The number of rotatable bonds is 9. The third-order valence-corrected chi connectivity index (χ3v) is 5.43. The van der Waals surface area contributed by atoms with E-state index in [0.29, 0.717) is 42.8 Å². The number of carbonyl (C=O) groups excluding carboxylic acids is 2. The number of ether oxygens (including phenoxy) is 1. The fourth-order valence-electron chi connectivity index (χ4n) is 3.69. The largest absolute Gasteiger partial charge is 0.497 e. The summed E-state index contributed by atoms with van der Waals surface area (Å²) in [6, 6.07) is 12.9. The Bertz CT molecular complexity index is 1170. The molecule has 3 aromatic rings. The SMILES string of the molecule is COc1cccc(N2CC(C(=O)NCCNc3cc(Nc4cc(C)ccn4)ncn3)CC2=O)c1. The van der Waals surface area contributed by atoms with E-state index in [4.69, 9.17) is 4.74 Å². The van der Waals surface area contributed by atoms with E-state index in [1.54, 1.807) is 30.3 Å². The van der Waals surface area contributed by atoms with Gasteiger partial charge >= 0.3 is 0 Å². The van der Waals surface area contributed by atoms with Crippen molar-refractivity contribution < 1.29 is 14.3 Å². The first-order chi connectivity index (χ1) is 16.5. The number of benzene rings is 1. The maximum absolute atomic E-state index is 12.6. The van der Waals surface area contributed by atoms with Crippen LogP contribution in [0.2, 0.25) is 0 Å². The Morgan fingerprint density at radius 2 is 1.91 bits per heavy atom. The van der Waals surface area contributed by atoms with Crippen molar-refractivity contribution in [1.82, 2.24) is 20.3 Å². The van der Waals surface area contributed by atoms with Crippen molar-refractivity contribution in [2.24, 2.45) is 5.92 Å². The zero-order valence-electron chi connectivity index (χ0n) is 19.1. The molecule has 10 nitrogen and oxygen atoms in total. The number of amides is 2. The number of aryl methyl sites for hydroxylation is 1. The van der Waals surface area contributed by atoms with Crippen LogP contribution in [0.1, 0.15) is 12.0 Å². The van der Waals surface area contributed by atoms with Crippen LogP contribution in [-0.2, 0) is 9.59 Å². The van der Waals surface area contributed by atoms with E-state index in [0.717, 1.165) is 11.3 Å². The van der Waals surface area contributed by atoms with Gasteiger partial charge in [-0.1, -0.05) is 6.07 Å². The first-order valence-electron chi connectivity index (χ1n) is 11.0. The lowest BCUT2D eigenvalue weighted by Crippen LogP contribution is -2.35. The topological polar surface area (TPSA) is 121 Å². The van der Waals surface area contributed by atoms with Gasteiger partial charge in [0, 0.05) is 50.1 Å². The molecule has 176 valence electrons. The Balaban J connectivity index is 1.24. The molecule has 1 fully saturated rings. The van der Waals surface area contributed by atoms with Crippen LogP contribution in [0.15, 0.2) is 55.0 Å². The Morgan fingerprint density at radius 1 is 1.09 bits per heavy atom. The third kappa shape index (κ3) is 5.77. The maximum Gasteiger partial charge on any atom is 0.227 e. The molecule has 0 saturated carbocycles. The number of aromatic nitrogens is 3. The number of pyridine rings is 1. The van der Waals surface area contributed by atoms with Crippen LogP contribution in [0.25, 0.3) is 0 Å². The first kappa shape index (κ1) is 23.0. The minimum Gasteiger partial charge on any atom is -0.497 e. The lowest BCUT2D eigenvalue weighted by Gasteiger charge is -2.17. The predicted molar refractivity (Wildman–Crippen MR) is 129 cm³/mol. The second-order valence-corrected chi connectivity index (χ2v) is 7.96. The quantitative estimate of drug-likeness (QED) is 0.416. The fourth-order valence-corrected chi connectivity index (χ4v) is 3.69. The van der Waals surface area contributed by atoms with E-state index in [1.165, 1.54) is 6.33 Å². The fraction of sp³-hybridized carbons (Fsp3) is 0.292. The normalized spacial score (nSPS) is 15.2. The highest BCUT2D eigenvalue weighted by Gasteiger charge is 2.35. The van der Waals surface area contributed by atoms with E-state index in [1.807, 2.05) is 37.3 Å². The molecule has 2 aromatic heterocycles. The molecule has 34 heavy (non-hydrogen) atoms. The van der Waals surface area contributed by atoms with Crippen LogP contribution in [0.5, 0.6) is 5.75 Å². The smallest absolute Gasteiger partial charge is 0.227 e. The lowest BCUT2D eigenvalue weighted by atomic mass is 10.1. The van der Waals surface area contributed by atoms with Crippen LogP contribution in [0, 0.1) is 12.8 Å². The molecule has 1 unspecified atom stereocenters. The third-order valence-electron chi connectivity index (χ3n) is 5.43. The van der Waals surface area contributed by atoms with Gasteiger partial charge in [-0.05, 0) is 36.8 Å². The van der Waals surface area contributed by atoms with Gasteiger partial charge in [-0.15, -0.1) is 0 Å². The van der Waals surface area contributed by atoms with Gasteiger partial charge in [0.05, 0.1) is 13.0 Å². The number of methoxy groups -OCH3 is 1. The Hall–Kier alpha value is -4.21. The minimum atomic E-state index is -0.393. The molecule has 3 heterocycles. The first-order valence-corrected chi connectivity index (χ1v) is 11.0. The predicted octanol–water partition coefficient (Wildman–Crippen LogP) is 2.51. The van der Waals surface area contributed by atoms with E-state index in [-0.39, 0.29) is 18.2 Å². The molecular formula is C24H27N7O3. The number of hydrogen-bond donors (Lipinski definition) is 3. The number of anilines is 4. The maximum atomic E-state index is 12.6. The van der Waals surface area contributed by atoms with Crippen LogP contribution >= 0.6 is 0 Å². The van der Waals surface area contributed by atoms with Crippen molar-refractivity contribution in [2.45, 2.75) is 13.3 Å². The van der Waals surface area contributed by atoms with Gasteiger partial charge in [-0.3, -0.25) is 9.59 Å². The molecule has 10 heteroatoms. The summed E-state index contributed by atoms with van der Waals surface area (Å²) in [6.45, 7) is 3.21. The zero-order chi connectivity index (χ0) is 23.9. The zero-order valence-corrected chi connectivity index (χ0v) is 19.1. The van der Waals surface area contributed by atoms with Crippen LogP contribution in [0.4, 0.5) is 23.1 Å². The summed E-state index contributed by atoms with van der Waals surface area (Å²) >= 11 is 0.